The molecule has 0 radical (unpaired) electrons. The van der Waals surface area contributed by atoms with Gasteiger partial charge in [0.2, 0.25) is 0 Å². The van der Waals surface area contributed by atoms with E-state index in [1.807, 2.05) is 5.43 Å². The highest BCUT2D eigenvalue weighted by molar-refractivity contribution is 5.75. The number of hydrogen-bond donors (Lipinski definition) is 2. The fourth-order valence-electron chi connectivity index (χ4n) is 1.61. The van der Waals surface area contributed by atoms with Crippen LogP contribution in [-0.2, 0) is 6.42 Å². The van der Waals surface area contributed by atoms with Crippen molar-refractivity contribution >= 4 is 23.6 Å². The first kappa shape index (κ1) is 14.4. The van der Waals surface area contributed by atoms with Gasteiger partial charge in [-0.3, -0.25) is 10.1 Å². The van der Waals surface area contributed by atoms with Gasteiger partial charge in [0.15, 0.2) is 0 Å². The highest BCUT2D eigenvalue weighted by Gasteiger charge is 2.17. The predicted octanol–water partition coefficient (Wildman–Crippen LogP) is 0.857. The van der Waals surface area contributed by atoms with Gasteiger partial charge in [-0.2, -0.15) is 5.10 Å². The van der Waals surface area contributed by atoms with E-state index in [1.165, 1.54) is 12.3 Å². The zero-order valence-electron chi connectivity index (χ0n) is 10.7. The van der Waals surface area contributed by atoms with Crippen LogP contribution in [0.4, 0.5) is 16.2 Å². The average Bonchev–Trinajstić information content (AvgIpc) is 2.33. The Balaban J connectivity index is 3.04. The van der Waals surface area contributed by atoms with Crippen LogP contribution in [0.15, 0.2) is 23.3 Å². The van der Waals surface area contributed by atoms with E-state index in [-0.39, 0.29) is 12.1 Å². The highest BCUT2D eigenvalue weighted by atomic mass is 16.6. The van der Waals surface area contributed by atoms with E-state index in [0.29, 0.717) is 5.56 Å². The third-order valence-electron chi connectivity index (χ3n) is 2.37. The molecule has 0 aromatic heterocycles. The van der Waals surface area contributed by atoms with Crippen molar-refractivity contribution in [2.45, 2.75) is 6.42 Å². The van der Waals surface area contributed by atoms with Gasteiger partial charge in [0.1, 0.15) is 0 Å². The monoisotopic (exact) mass is 265 g/mol. The first-order valence-corrected chi connectivity index (χ1v) is 5.44. The molecule has 8 nitrogen and oxygen atoms in total. The molecule has 0 aliphatic heterocycles. The van der Waals surface area contributed by atoms with Gasteiger partial charge in [-0.15, -0.1) is 0 Å². The summed E-state index contributed by atoms with van der Waals surface area (Å²) in [5.74, 6) is 0. The molecule has 0 bridgehead atoms. The van der Waals surface area contributed by atoms with E-state index in [1.54, 1.807) is 31.1 Å². The molecular weight excluding hydrogens is 250 g/mol. The van der Waals surface area contributed by atoms with Crippen LogP contribution in [0.1, 0.15) is 5.56 Å². The van der Waals surface area contributed by atoms with Crippen molar-refractivity contribution < 1.29 is 9.72 Å². The molecule has 0 fully saturated rings. The zero-order valence-corrected chi connectivity index (χ0v) is 10.7. The molecule has 8 heteroatoms. The Kier molecular flexibility index (Phi) is 4.81. The molecule has 0 saturated carbocycles. The molecule has 19 heavy (non-hydrogen) atoms. The third-order valence-corrected chi connectivity index (χ3v) is 2.37. The van der Waals surface area contributed by atoms with E-state index in [9.17, 15) is 14.9 Å². The van der Waals surface area contributed by atoms with Crippen molar-refractivity contribution in [3.05, 3.63) is 33.9 Å². The number of anilines is 1. The summed E-state index contributed by atoms with van der Waals surface area (Å²) in [5.41, 5.74) is 8.14. The number of nitrogens with one attached hydrogen (secondary N) is 1. The number of primary amides is 1. The van der Waals surface area contributed by atoms with Gasteiger partial charge in [0.25, 0.3) is 5.69 Å². The zero-order chi connectivity index (χ0) is 14.4. The minimum Gasteiger partial charge on any atom is -0.377 e. The molecule has 0 aliphatic rings. The normalized spacial score (nSPS) is 10.4. The van der Waals surface area contributed by atoms with Gasteiger partial charge in [-0.25, -0.2) is 10.2 Å². The summed E-state index contributed by atoms with van der Waals surface area (Å²) >= 11 is 0. The van der Waals surface area contributed by atoms with E-state index in [0.717, 1.165) is 5.69 Å². The number of hydrogen-bond acceptors (Lipinski definition) is 5. The number of benzene rings is 1. The number of urea groups is 1. The lowest BCUT2D eigenvalue weighted by Gasteiger charge is -2.16. The summed E-state index contributed by atoms with van der Waals surface area (Å²) < 4.78 is 0. The van der Waals surface area contributed by atoms with Gasteiger partial charge in [0.05, 0.1) is 10.5 Å². The molecular formula is C11H15N5O3. The lowest BCUT2D eigenvalue weighted by molar-refractivity contribution is -0.385. The van der Waals surface area contributed by atoms with Crippen molar-refractivity contribution in [1.82, 2.24) is 5.43 Å². The quantitative estimate of drug-likeness (QED) is 0.466. The van der Waals surface area contributed by atoms with E-state index in [2.05, 4.69) is 5.10 Å². The molecule has 0 spiro atoms. The van der Waals surface area contributed by atoms with E-state index >= 15 is 0 Å². The molecule has 0 atom stereocenters. The SMILES string of the molecule is CN(C)c1cccc([N+](=O)[O-])c1CC=NNC(N)=O. The average molecular weight is 265 g/mol. The molecule has 0 heterocycles. The number of hydrazone groups is 1. The smallest absolute Gasteiger partial charge is 0.332 e. The van der Waals surface area contributed by atoms with Crippen molar-refractivity contribution in [2.75, 3.05) is 19.0 Å². The van der Waals surface area contributed by atoms with Gasteiger partial charge < -0.3 is 10.6 Å². The maximum Gasteiger partial charge on any atom is 0.332 e. The largest absolute Gasteiger partial charge is 0.377 e. The minimum atomic E-state index is -0.786. The maximum atomic E-state index is 11.0. The lowest BCUT2D eigenvalue weighted by atomic mass is 10.1. The molecule has 2 amide bonds. The second-order valence-electron chi connectivity index (χ2n) is 3.92. The molecule has 102 valence electrons. The number of nitro groups is 1. The number of nitrogens with two attached hydrogens (primary N) is 1. The van der Waals surface area contributed by atoms with Crippen LogP contribution in [0.3, 0.4) is 0 Å². The molecule has 1 aromatic carbocycles. The van der Waals surface area contributed by atoms with E-state index < -0.39 is 11.0 Å². The standard InChI is InChI=1S/C11H15N5O3/c1-15(2)9-4-3-5-10(16(18)19)8(9)6-7-13-14-11(12)17/h3-5,7H,6H2,1-2H3,(H3,12,14,17). The summed E-state index contributed by atoms with van der Waals surface area (Å²) in [6.45, 7) is 0. The topological polar surface area (TPSA) is 114 Å². The van der Waals surface area contributed by atoms with Gasteiger partial charge in [-0.05, 0) is 6.07 Å². The number of nitrogens with zero attached hydrogens (tertiary/aromatic N) is 3. The van der Waals surface area contributed by atoms with Gasteiger partial charge in [0, 0.05) is 38.5 Å². The molecule has 3 N–H and O–H groups in total. The molecule has 0 saturated heterocycles. The van der Waals surface area contributed by atoms with Crippen LogP contribution >= 0.6 is 0 Å². The Morgan fingerprint density at radius 1 is 1.58 bits per heavy atom. The van der Waals surface area contributed by atoms with Crippen LogP contribution in [0.5, 0.6) is 0 Å². The summed E-state index contributed by atoms with van der Waals surface area (Å²) in [5, 5.41) is 14.6. The first-order valence-electron chi connectivity index (χ1n) is 5.44. The molecule has 0 unspecified atom stereocenters. The third kappa shape index (κ3) is 3.95. The van der Waals surface area contributed by atoms with Crippen molar-refractivity contribution in [3.63, 3.8) is 0 Å². The van der Waals surface area contributed by atoms with Crippen LogP contribution < -0.4 is 16.1 Å². The second-order valence-corrected chi connectivity index (χ2v) is 3.92. The Labute approximate surface area is 110 Å². The van der Waals surface area contributed by atoms with Crippen LogP contribution in [-0.4, -0.2) is 31.3 Å². The highest BCUT2D eigenvalue weighted by Crippen LogP contribution is 2.28. The van der Waals surface area contributed by atoms with Gasteiger partial charge >= 0.3 is 6.03 Å². The summed E-state index contributed by atoms with van der Waals surface area (Å²) in [6, 6.07) is 4.04. The number of amides is 2. The lowest BCUT2D eigenvalue weighted by Crippen LogP contribution is -2.24. The fourth-order valence-corrected chi connectivity index (χ4v) is 1.61. The van der Waals surface area contributed by atoms with Crippen molar-refractivity contribution in [1.29, 1.82) is 0 Å². The van der Waals surface area contributed by atoms with E-state index in [4.69, 9.17) is 5.73 Å². The predicted molar refractivity (Wildman–Crippen MR) is 72.3 cm³/mol. The second kappa shape index (κ2) is 6.34. The molecule has 1 rings (SSSR count). The molecule has 0 aliphatic carbocycles. The van der Waals surface area contributed by atoms with Crippen LogP contribution in [0.2, 0.25) is 0 Å². The Morgan fingerprint density at radius 2 is 2.26 bits per heavy atom. The number of rotatable bonds is 5. The number of carbonyl (C=O) groups is 1. The van der Waals surface area contributed by atoms with Gasteiger partial charge in [-0.1, -0.05) is 6.07 Å². The Bertz CT molecular complexity index is 513. The summed E-state index contributed by atoms with van der Waals surface area (Å²) in [4.78, 5) is 22.8. The first-order chi connectivity index (χ1) is 8.93. The Morgan fingerprint density at radius 3 is 2.79 bits per heavy atom. The Hall–Kier alpha value is -2.64. The number of carbonyl (C=O) groups excluding carboxylic acids is 1. The summed E-state index contributed by atoms with van der Waals surface area (Å²) in [7, 11) is 3.59. The van der Waals surface area contributed by atoms with Crippen LogP contribution in [0, 0.1) is 10.1 Å². The van der Waals surface area contributed by atoms with Crippen molar-refractivity contribution in [2.24, 2.45) is 10.8 Å². The van der Waals surface area contributed by atoms with Crippen LogP contribution in [0.25, 0.3) is 0 Å². The minimum absolute atomic E-state index is 0.0109. The fraction of sp³-hybridized carbons (Fsp3) is 0.273. The maximum absolute atomic E-state index is 11.0. The van der Waals surface area contributed by atoms with Crippen molar-refractivity contribution in [3.8, 4) is 0 Å². The summed E-state index contributed by atoms with van der Waals surface area (Å²) in [6.07, 6.45) is 1.57. The number of nitro benzene ring substituents is 1. The molecule has 1 aromatic rings.